The summed E-state index contributed by atoms with van der Waals surface area (Å²) in [6, 6.07) is 0. The number of rotatable bonds is 2. The van der Waals surface area contributed by atoms with Crippen molar-refractivity contribution in [2.75, 3.05) is 19.3 Å². The Kier molecular flexibility index (Phi) is 3.29. The van der Waals surface area contributed by atoms with Crippen molar-refractivity contribution in [1.29, 1.82) is 0 Å². The average Bonchev–Trinajstić information content (AvgIpc) is 2.05. The zero-order valence-electron chi connectivity index (χ0n) is 6.76. The molecule has 0 N–H and O–H groups in total. The van der Waals surface area contributed by atoms with E-state index < -0.39 is 0 Å². The van der Waals surface area contributed by atoms with Gasteiger partial charge < -0.3 is 0 Å². The number of hydrogen-bond acceptors (Lipinski definition) is 2. The first-order valence-electron chi connectivity index (χ1n) is 3.83. The van der Waals surface area contributed by atoms with Crippen LogP contribution in [-0.4, -0.2) is 23.7 Å². The van der Waals surface area contributed by atoms with E-state index >= 15 is 0 Å². The maximum atomic E-state index is 2.42. The first-order valence-corrected chi connectivity index (χ1v) is 5.02. The second-order valence-corrected chi connectivity index (χ2v) is 3.43. The van der Waals surface area contributed by atoms with E-state index in [1.807, 2.05) is 11.9 Å². The summed E-state index contributed by atoms with van der Waals surface area (Å²) in [5, 5.41) is 0. The molecule has 0 bridgehead atoms. The summed E-state index contributed by atoms with van der Waals surface area (Å²) in [5.41, 5.74) is 1.60. The fraction of sp³-hybridized carbons (Fsp3) is 0.750. The van der Waals surface area contributed by atoms with Crippen molar-refractivity contribution in [2.45, 2.75) is 19.8 Å². The molecule has 0 aromatic carbocycles. The van der Waals surface area contributed by atoms with Crippen LogP contribution in [0.5, 0.6) is 0 Å². The highest BCUT2D eigenvalue weighted by Crippen LogP contribution is 2.17. The monoisotopic (exact) mass is 157 g/mol. The third-order valence-electron chi connectivity index (χ3n) is 1.90. The molecule has 0 fully saturated rings. The van der Waals surface area contributed by atoms with Crippen LogP contribution in [0.4, 0.5) is 0 Å². The minimum Gasteiger partial charge on any atom is -0.246 e. The van der Waals surface area contributed by atoms with E-state index in [-0.39, 0.29) is 0 Å². The lowest BCUT2D eigenvalue weighted by molar-refractivity contribution is 0.489. The summed E-state index contributed by atoms with van der Waals surface area (Å²) in [6.45, 7) is 4.64. The lowest BCUT2D eigenvalue weighted by Crippen LogP contribution is -2.22. The Morgan fingerprint density at radius 1 is 1.70 bits per heavy atom. The van der Waals surface area contributed by atoms with Gasteiger partial charge in [-0.05, 0) is 19.1 Å². The predicted octanol–water partition coefficient (Wildman–Crippen LogP) is 2.31. The van der Waals surface area contributed by atoms with Gasteiger partial charge in [0.25, 0.3) is 0 Å². The first kappa shape index (κ1) is 8.15. The van der Waals surface area contributed by atoms with Gasteiger partial charge in [-0.1, -0.05) is 30.5 Å². The van der Waals surface area contributed by atoms with Gasteiger partial charge in [0.15, 0.2) is 0 Å². The summed E-state index contributed by atoms with van der Waals surface area (Å²) in [4.78, 5) is 0. The topological polar surface area (TPSA) is 3.24 Å². The Morgan fingerprint density at radius 2 is 2.50 bits per heavy atom. The Morgan fingerprint density at radius 3 is 3.10 bits per heavy atom. The third-order valence-corrected chi connectivity index (χ3v) is 2.73. The Labute approximate surface area is 67.6 Å². The SMILES string of the molecule is CCC1=CCCN(SC)C1. The molecule has 0 atom stereocenters. The molecule has 0 radical (unpaired) electrons. The van der Waals surface area contributed by atoms with Crippen LogP contribution in [0.2, 0.25) is 0 Å². The highest BCUT2D eigenvalue weighted by atomic mass is 32.2. The zero-order chi connectivity index (χ0) is 7.40. The maximum Gasteiger partial charge on any atom is 0.0299 e. The van der Waals surface area contributed by atoms with E-state index in [9.17, 15) is 0 Å². The normalized spacial score (nSPS) is 20.8. The standard InChI is InChI=1S/C8H15NS/c1-3-8-5-4-6-9(7-8)10-2/h5H,3-4,6-7H2,1-2H3. The molecule has 0 aromatic heterocycles. The largest absolute Gasteiger partial charge is 0.246 e. The highest BCUT2D eigenvalue weighted by molar-refractivity contribution is 7.96. The van der Waals surface area contributed by atoms with Crippen LogP contribution in [0.15, 0.2) is 11.6 Å². The van der Waals surface area contributed by atoms with Gasteiger partial charge in [-0.3, -0.25) is 0 Å². The van der Waals surface area contributed by atoms with Crippen molar-refractivity contribution < 1.29 is 0 Å². The smallest absolute Gasteiger partial charge is 0.0299 e. The van der Waals surface area contributed by atoms with Gasteiger partial charge in [-0.15, -0.1) is 0 Å². The van der Waals surface area contributed by atoms with Crippen LogP contribution in [0.25, 0.3) is 0 Å². The van der Waals surface area contributed by atoms with Crippen LogP contribution in [0.1, 0.15) is 19.8 Å². The molecule has 1 rings (SSSR count). The minimum atomic E-state index is 1.18. The van der Waals surface area contributed by atoms with Gasteiger partial charge >= 0.3 is 0 Å². The van der Waals surface area contributed by atoms with Gasteiger partial charge in [-0.25, -0.2) is 4.31 Å². The molecule has 0 amide bonds. The number of nitrogens with zero attached hydrogens (tertiary/aromatic N) is 1. The molecule has 0 saturated carbocycles. The van der Waals surface area contributed by atoms with Gasteiger partial charge in [0.05, 0.1) is 0 Å². The molecule has 0 aromatic rings. The average molecular weight is 157 g/mol. The molecule has 1 nitrogen and oxygen atoms in total. The van der Waals surface area contributed by atoms with Gasteiger partial charge in [0.2, 0.25) is 0 Å². The Hall–Kier alpha value is 0.0500. The van der Waals surface area contributed by atoms with Crippen molar-refractivity contribution >= 4 is 11.9 Å². The fourth-order valence-corrected chi connectivity index (χ4v) is 1.78. The minimum absolute atomic E-state index is 1.18. The first-order chi connectivity index (χ1) is 4.86. The van der Waals surface area contributed by atoms with Crippen LogP contribution < -0.4 is 0 Å². The molecule has 0 spiro atoms. The van der Waals surface area contributed by atoms with Crippen molar-refractivity contribution in [1.82, 2.24) is 4.31 Å². The number of hydrogen-bond donors (Lipinski definition) is 0. The van der Waals surface area contributed by atoms with E-state index in [0.29, 0.717) is 0 Å². The second kappa shape index (κ2) is 4.04. The lowest BCUT2D eigenvalue weighted by atomic mass is 10.1. The molecule has 1 aliphatic rings. The molecular formula is C8H15NS. The summed E-state index contributed by atoms with van der Waals surface area (Å²) in [7, 11) is 0. The maximum absolute atomic E-state index is 2.42. The van der Waals surface area contributed by atoms with Crippen LogP contribution in [-0.2, 0) is 0 Å². The van der Waals surface area contributed by atoms with Crippen LogP contribution in [0, 0.1) is 0 Å². The zero-order valence-corrected chi connectivity index (χ0v) is 7.58. The van der Waals surface area contributed by atoms with E-state index in [1.165, 1.54) is 25.9 Å². The van der Waals surface area contributed by atoms with Crippen LogP contribution in [0.3, 0.4) is 0 Å². The predicted molar refractivity (Wildman–Crippen MR) is 48.1 cm³/mol. The van der Waals surface area contributed by atoms with E-state index in [2.05, 4.69) is 23.6 Å². The van der Waals surface area contributed by atoms with E-state index in [0.717, 1.165) is 0 Å². The van der Waals surface area contributed by atoms with E-state index in [1.54, 1.807) is 5.57 Å². The fourth-order valence-electron chi connectivity index (χ4n) is 1.19. The molecule has 0 saturated heterocycles. The molecule has 0 unspecified atom stereocenters. The van der Waals surface area contributed by atoms with Gasteiger partial charge in [0.1, 0.15) is 0 Å². The van der Waals surface area contributed by atoms with E-state index in [4.69, 9.17) is 0 Å². The molecule has 1 aliphatic heterocycles. The van der Waals surface area contributed by atoms with Crippen molar-refractivity contribution in [2.24, 2.45) is 0 Å². The molecule has 58 valence electrons. The highest BCUT2D eigenvalue weighted by Gasteiger charge is 2.08. The lowest BCUT2D eigenvalue weighted by Gasteiger charge is -2.23. The van der Waals surface area contributed by atoms with Crippen molar-refractivity contribution in [3.05, 3.63) is 11.6 Å². The quantitative estimate of drug-likeness (QED) is 0.447. The third kappa shape index (κ3) is 2.03. The summed E-state index contributed by atoms with van der Waals surface area (Å²) in [5.74, 6) is 0. The molecule has 2 heteroatoms. The van der Waals surface area contributed by atoms with Gasteiger partial charge in [-0.2, -0.15) is 0 Å². The molecule has 0 aliphatic carbocycles. The Balaban J connectivity index is 2.40. The summed E-state index contributed by atoms with van der Waals surface area (Å²) < 4.78 is 2.42. The Bertz CT molecular complexity index is 131. The van der Waals surface area contributed by atoms with Crippen molar-refractivity contribution in [3.63, 3.8) is 0 Å². The van der Waals surface area contributed by atoms with Crippen LogP contribution >= 0.6 is 11.9 Å². The summed E-state index contributed by atoms with van der Waals surface area (Å²) >= 11 is 1.86. The van der Waals surface area contributed by atoms with Crippen molar-refractivity contribution in [3.8, 4) is 0 Å². The summed E-state index contributed by atoms with van der Waals surface area (Å²) in [6.07, 6.45) is 6.99. The molecular weight excluding hydrogens is 142 g/mol. The van der Waals surface area contributed by atoms with Gasteiger partial charge in [0, 0.05) is 13.1 Å². The molecule has 10 heavy (non-hydrogen) atoms. The second-order valence-electron chi connectivity index (χ2n) is 2.55. The molecule has 1 heterocycles.